The topological polar surface area (TPSA) is 215 Å². The van der Waals surface area contributed by atoms with E-state index < -0.39 is 47.9 Å². The predicted octanol–water partition coefficient (Wildman–Crippen LogP) is -0.149. The fraction of sp³-hybridized carbons (Fsp3) is 0.577. The Kier molecular flexibility index (Phi) is 13.8. The van der Waals surface area contributed by atoms with Crippen molar-refractivity contribution in [1.82, 2.24) is 16.0 Å². The van der Waals surface area contributed by atoms with Crippen LogP contribution in [0.3, 0.4) is 0 Å². The molecule has 0 aliphatic carbocycles. The van der Waals surface area contributed by atoms with Gasteiger partial charge < -0.3 is 38.3 Å². The largest absolute Gasteiger partial charge is 0.480 e. The molecule has 0 bridgehead atoms. The molecule has 0 spiro atoms. The van der Waals surface area contributed by atoms with E-state index in [4.69, 9.17) is 17.2 Å². The fourth-order valence-electron chi connectivity index (χ4n) is 3.75. The number of nitrogens with zero attached hydrogens (tertiary/aromatic N) is 1. The van der Waals surface area contributed by atoms with E-state index in [1.165, 1.54) is 0 Å². The van der Waals surface area contributed by atoms with E-state index in [1.807, 2.05) is 44.2 Å². The quantitative estimate of drug-likeness (QED) is 0.0859. The minimum atomic E-state index is -1.17. The molecule has 12 nitrogen and oxygen atoms in total. The Hall–Kier alpha value is -3.67. The van der Waals surface area contributed by atoms with E-state index in [2.05, 4.69) is 20.9 Å². The maximum Gasteiger partial charge on any atom is 0.326 e. The van der Waals surface area contributed by atoms with Gasteiger partial charge >= 0.3 is 5.97 Å². The number of rotatable bonds is 16. The summed E-state index contributed by atoms with van der Waals surface area (Å²) in [5.74, 6) is -3.33. The lowest BCUT2D eigenvalue weighted by atomic mass is 9.99. The molecule has 4 unspecified atom stereocenters. The van der Waals surface area contributed by atoms with Crippen LogP contribution in [0.4, 0.5) is 0 Å². The molecule has 12 heteroatoms. The Morgan fingerprint density at radius 1 is 0.895 bits per heavy atom. The van der Waals surface area contributed by atoms with Gasteiger partial charge in [0.15, 0.2) is 5.96 Å². The maximum absolute atomic E-state index is 13.3. The molecule has 212 valence electrons. The third kappa shape index (κ3) is 12.0. The van der Waals surface area contributed by atoms with Gasteiger partial charge in [-0.25, -0.2) is 4.79 Å². The van der Waals surface area contributed by atoms with Crippen molar-refractivity contribution in [3.05, 3.63) is 35.9 Å². The van der Waals surface area contributed by atoms with Crippen molar-refractivity contribution < 1.29 is 24.3 Å². The summed E-state index contributed by atoms with van der Waals surface area (Å²) in [5.41, 5.74) is 17.7. The van der Waals surface area contributed by atoms with Gasteiger partial charge in [-0.15, -0.1) is 0 Å². The molecule has 1 aromatic carbocycles. The smallest absolute Gasteiger partial charge is 0.326 e. The highest BCUT2D eigenvalue weighted by molar-refractivity contribution is 5.94. The number of aliphatic imine (C=N–C) groups is 1. The molecule has 1 aromatic rings. The van der Waals surface area contributed by atoms with Crippen molar-refractivity contribution >= 4 is 29.7 Å². The highest BCUT2D eigenvalue weighted by atomic mass is 16.4. The number of amides is 3. The first kappa shape index (κ1) is 32.4. The molecule has 0 radical (unpaired) electrons. The third-order valence-corrected chi connectivity index (χ3v) is 5.78. The molecule has 0 aliphatic heterocycles. The molecular weight excluding hydrogens is 490 g/mol. The number of carbonyl (C=O) groups is 4. The van der Waals surface area contributed by atoms with Crippen LogP contribution in [-0.4, -0.2) is 65.5 Å². The lowest BCUT2D eigenvalue weighted by molar-refractivity contribution is -0.143. The van der Waals surface area contributed by atoms with Gasteiger partial charge in [0.05, 0.1) is 6.04 Å². The SMILES string of the molecule is CC(C)CC(NC(=O)C(CCCN=C(N)N)NC(=O)C(N)Cc1ccccc1)C(=O)NC(C(=O)O)C(C)C. The summed E-state index contributed by atoms with van der Waals surface area (Å²) in [6, 6.07) is 5.21. The van der Waals surface area contributed by atoms with Crippen LogP contribution >= 0.6 is 0 Å². The molecule has 4 atom stereocenters. The van der Waals surface area contributed by atoms with Crippen LogP contribution < -0.4 is 33.2 Å². The number of carboxylic acid groups (broad SMARTS) is 1. The molecular formula is C26H43N7O5. The van der Waals surface area contributed by atoms with Crippen LogP contribution in [0.25, 0.3) is 0 Å². The van der Waals surface area contributed by atoms with Gasteiger partial charge in [0, 0.05) is 6.54 Å². The van der Waals surface area contributed by atoms with Gasteiger partial charge in [-0.1, -0.05) is 58.0 Å². The van der Waals surface area contributed by atoms with Gasteiger partial charge in [0.2, 0.25) is 17.7 Å². The first-order valence-electron chi connectivity index (χ1n) is 12.8. The molecule has 0 fully saturated rings. The Labute approximate surface area is 224 Å². The number of aliphatic carboxylic acids is 1. The highest BCUT2D eigenvalue weighted by Crippen LogP contribution is 2.10. The van der Waals surface area contributed by atoms with Crippen molar-refractivity contribution in [2.45, 2.75) is 77.5 Å². The lowest BCUT2D eigenvalue weighted by Crippen LogP contribution is -2.58. The van der Waals surface area contributed by atoms with E-state index in [-0.39, 0.29) is 43.6 Å². The van der Waals surface area contributed by atoms with Crippen molar-refractivity contribution in [2.75, 3.05) is 6.54 Å². The average molecular weight is 534 g/mol. The van der Waals surface area contributed by atoms with E-state index in [9.17, 15) is 24.3 Å². The summed E-state index contributed by atoms with van der Waals surface area (Å²) < 4.78 is 0. The van der Waals surface area contributed by atoms with Crippen molar-refractivity contribution in [2.24, 2.45) is 34.0 Å². The number of hydrogen-bond acceptors (Lipinski definition) is 6. The number of guanidine groups is 1. The minimum Gasteiger partial charge on any atom is -0.480 e. The van der Waals surface area contributed by atoms with Gasteiger partial charge in [0.1, 0.15) is 18.1 Å². The first-order valence-corrected chi connectivity index (χ1v) is 12.8. The summed E-state index contributed by atoms with van der Waals surface area (Å²) in [6.45, 7) is 7.34. The van der Waals surface area contributed by atoms with E-state index in [1.54, 1.807) is 13.8 Å². The van der Waals surface area contributed by atoms with Gasteiger partial charge in [0.25, 0.3) is 0 Å². The Morgan fingerprint density at radius 2 is 1.47 bits per heavy atom. The molecule has 0 aromatic heterocycles. The van der Waals surface area contributed by atoms with E-state index in [0.717, 1.165) is 5.56 Å². The van der Waals surface area contributed by atoms with Crippen LogP contribution in [0.1, 0.15) is 52.5 Å². The third-order valence-electron chi connectivity index (χ3n) is 5.78. The van der Waals surface area contributed by atoms with Gasteiger partial charge in [-0.05, 0) is 43.1 Å². The molecule has 0 heterocycles. The standard InChI is InChI=1S/C26H43N7O5/c1-15(2)13-20(24(36)33-21(16(3)4)25(37)38)32-23(35)19(11-8-12-30-26(28)29)31-22(34)18(27)14-17-9-6-5-7-10-17/h5-7,9-10,15-16,18-21H,8,11-14,27H2,1-4H3,(H,31,34)(H,32,35)(H,33,36)(H,37,38)(H4,28,29,30). The number of carboxylic acids is 1. The summed E-state index contributed by atoms with van der Waals surface area (Å²) in [4.78, 5) is 54.6. The van der Waals surface area contributed by atoms with E-state index >= 15 is 0 Å². The number of nitrogens with one attached hydrogen (secondary N) is 3. The van der Waals surface area contributed by atoms with Crippen LogP contribution in [0.2, 0.25) is 0 Å². The second-order valence-electron chi connectivity index (χ2n) is 10.1. The lowest BCUT2D eigenvalue weighted by Gasteiger charge is -2.27. The molecule has 10 N–H and O–H groups in total. The van der Waals surface area contributed by atoms with Crippen LogP contribution in [0, 0.1) is 11.8 Å². The van der Waals surface area contributed by atoms with Crippen molar-refractivity contribution in [3.63, 3.8) is 0 Å². The number of nitrogens with two attached hydrogens (primary N) is 3. The Balaban J connectivity index is 3.03. The zero-order chi connectivity index (χ0) is 28.8. The normalized spacial score (nSPS) is 14.2. The molecule has 0 saturated heterocycles. The maximum atomic E-state index is 13.3. The summed E-state index contributed by atoms with van der Waals surface area (Å²) >= 11 is 0. The van der Waals surface area contributed by atoms with E-state index in [0.29, 0.717) is 6.42 Å². The summed E-state index contributed by atoms with van der Waals surface area (Å²) in [5, 5.41) is 17.3. The zero-order valence-electron chi connectivity index (χ0n) is 22.6. The van der Waals surface area contributed by atoms with Crippen LogP contribution in [0.15, 0.2) is 35.3 Å². The average Bonchev–Trinajstić information content (AvgIpc) is 2.83. The molecule has 38 heavy (non-hydrogen) atoms. The van der Waals surface area contributed by atoms with Crippen molar-refractivity contribution in [3.8, 4) is 0 Å². The van der Waals surface area contributed by atoms with Gasteiger partial charge in [-0.3, -0.25) is 19.4 Å². The number of benzene rings is 1. The Morgan fingerprint density at radius 3 is 2.00 bits per heavy atom. The molecule has 1 rings (SSSR count). The summed E-state index contributed by atoms with van der Waals surface area (Å²) in [7, 11) is 0. The highest BCUT2D eigenvalue weighted by Gasteiger charge is 2.31. The summed E-state index contributed by atoms with van der Waals surface area (Å²) in [6.07, 6.45) is 1.11. The first-order chi connectivity index (χ1) is 17.8. The minimum absolute atomic E-state index is 0.0163. The second-order valence-corrected chi connectivity index (χ2v) is 10.1. The molecule has 0 aliphatic rings. The van der Waals surface area contributed by atoms with Crippen LogP contribution in [-0.2, 0) is 25.6 Å². The second kappa shape index (κ2) is 16.2. The van der Waals surface area contributed by atoms with Gasteiger partial charge in [-0.2, -0.15) is 0 Å². The van der Waals surface area contributed by atoms with Crippen molar-refractivity contribution in [1.29, 1.82) is 0 Å². The fourth-order valence-corrected chi connectivity index (χ4v) is 3.75. The zero-order valence-corrected chi connectivity index (χ0v) is 22.6. The molecule has 3 amide bonds. The number of carbonyl (C=O) groups excluding carboxylic acids is 3. The molecule has 0 saturated carbocycles. The number of hydrogen-bond donors (Lipinski definition) is 7. The van der Waals surface area contributed by atoms with Crippen LogP contribution in [0.5, 0.6) is 0 Å². The monoisotopic (exact) mass is 533 g/mol. The Bertz CT molecular complexity index is 949. The predicted molar refractivity (Wildman–Crippen MR) is 146 cm³/mol.